The van der Waals surface area contributed by atoms with Crippen LogP contribution < -0.4 is 0 Å². The predicted octanol–water partition coefficient (Wildman–Crippen LogP) is 3.99. The Hall–Kier alpha value is -4.12. The molecule has 0 aliphatic carbocycles. The zero-order chi connectivity index (χ0) is 17.4. The van der Waals surface area contributed by atoms with Crippen molar-refractivity contribution in [1.29, 1.82) is 21.0 Å². The lowest BCUT2D eigenvalue weighted by atomic mass is 9.86. The van der Waals surface area contributed by atoms with Crippen LogP contribution in [0.2, 0.25) is 0 Å². The molecule has 0 unspecified atom stereocenters. The van der Waals surface area contributed by atoms with Gasteiger partial charge in [-0.3, -0.25) is 0 Å². The number of nitriles is 4. The molecule has 4 heteroatoms. The van der Waals surface area contributed by atoms with Crippen molar-refractivity contribution in [3.63, 3.8) is 0 Å². The van der Waals surface area contributed by atoms with Gasteiger partial charge in [0, 0.05) is 11.1 Å². The predicted molar refractivity (Wildman–Crippen MR) is 89.2 cm³/mol. The van der Waals surface area contributed by atoms with Crippen molar-refractivity contribution in [1.82, 2.24) is 0 Å². The summed E-state index contributed by atoms with van der Waals surface area (Å²) >= 11 is 0. The molecule has 0 saturated heterocycles. The van der Waals surface area contributed by atoms with Crippen LogP contribution in [0.15, 0.2) is 71.8 Å². The van der Waals surface area contributed by atoms with Gasteiger partial charge in [0.15, 0.2) is 0 Å². The normalized spacial score (nSPS) is 8.67. The Kier molecular flexibility index (Phi) is 5.26. The van der Waals surface area contributed by atoms with Crippen molar-refractivity contribution in [3.8, 4) is 24.3 Å². The molecule has 0 heterocycles. The average molecular weight is 306 g/mol. The highest BCUT2D eigenvalue weighted by Gasteiger charge is 2.20. The summed E-state index contributed by atoms with van der Waals surface area (Å²) in [6.07, 6.45) is 0. The first-order valence-electron chi connectivity index (χ1n) is 6.97. The first-order chi connectivity index (χ1) is 11.8. The summed E-state index contributed by atoms with van der Waals surface area (Å²) in [5.41, 5.74) is 1.45. The quantitative estimate of drug-likeness (QED) is 0.632. The third-order valence-corrected chi connectivity index (χ3v) is 3.32. The molecule has 0 bridgehead atoms. The van der Waals surface area contributed by atoms with Gasteiger partial charge in [-0.05, 0) is 11.1 Å². The minimum absolute atomic E-state index is 0.150. The topological polar surface area (TPSA) is 95.2 Å². The minimum atomic E-state index is -0.150. The summed E-state index contributed by atoms with van der Waals surface area (Å²) in [4.78, 5) is 0. The second kappa shape index (κ2) is 7.77. The Morgan fingerprint density at radius 3 is 1.04 bits per heavy atom. The smallest absolute Gasteiger partial charge is 0.138 e. The summed E-state index contributed by atoms with van der Waals surface area (Å²) in [6.45, 7) is 0. The molecule has 0 N–H and O–H groups in total. The van der Waals surface area contributed by atoms with Crippen LogP contribution in [0.1, 0.15) is 11.1 Å². The Bertz CT molecular complexity index is 855. The first kappa shape index (κ1) is 16.3. The molecular formula is C20H10N4. The van der Waals surface area contributed by atoms with E-state index in [1.165, 1.54) is 0 Å². The van der Waals surface area contributed by atoms with E-state index < -0.39 is 0 Å². The van der Waals surface area contributed by atoms with E-state index in [0.29, 0.717) is 11.1 Å². The maximum absolute atomic E-state index is 9.36. The standard InChI is InChI=1S/C20H10N4/c21-11-17(12-22)19(15-7-3-1-4-8-15)20(18(13-23)14-24)16-9-5-2-6-10-16/h1-10H. The third kappa shape index (κ3) is 3.20. The monoisotopic (exact) mass is 306 g/mol. The molecule has 24 heavy (non-hydrogen) atoms. The fourth-order valence-corrected chi connectivity index (χ4v) is 2.31. The maximum Gasteiger partial charge on any atom is 0.138 e. The fraction of sp³-hybridized carbons (Fsp3) is 0. The largest absolute Gasteiger partial charge is 0.192 e. The second-order valence-electron chi connectivity index (χ2n) is 4.68. The van der Waals surface area contributed by atoms with Crippen molar-refractivity contribution in [3.05, 3.63) is 82.9 Å². The number of hydrogen-bond donors (Lipinski definition) is 0. The van der Waals surface area contributed by atoms with E-state index in [4.69, 9.17) is 0 Å². The fourth-order valence-electron chi connectivity index (χ4n) is 2.31. The lowest BCUT2D eigenvalue weighted by Gasteiger charge is -2.13. The number of benzene rings is 2. The van der Waals surface area contributed by atoms with Crippen molar-refractivity contribution < 1.29 is 0 Å². The van der Waals surface area contributed by atoms with Crippen LogP contribution in [-0.4, -0.2) is 0 Å². The van der Waals surface area contributed by atoms with Crippen molar-refractivity contribution in [2.45, 2.75) is 0 Å². The SMILES string of the molecule is N#CC(C#N)=C(C(=C(C#N)C#N)c1ccccc1)c1ccccc1. The maximum atomic E-state index is 9.36. The average Bonchev–Trinajstić information content (AvgIpc) is 2.66. The van der Waals surface area contributed by atoms with Crippen LogP contribution >= 0.6 is 0 Å². The van der Waals surface area contributed by atoms with E-state index in [0.717, 1.165) is 0 Å². The molecule has 0 fully saturated rings. The van der Waals surface area contributed by atoms with Gasteiger partial charge in [-0.2, -0.15) is 21.0 Å². The minimum Gasteiger partial charge on any atom is -0.192 e. The summed E-state index contributed by atoms with van der Waals surface area (Å²) < 4.78 is 0. The molecule has 4 nitrogen and oxygen atoms in total. The summed E-state index contributed by atoms with van der Waals surface area (Å²) in [7, 11) is 0. The molecule has 0 aromatic heterocycles. The molecule has 2 aromatic rings. The molecule has 2 rings (SSSR count). The van der Waals surface area contributed by atoms with Gasteiger partial charge in [0.05, 0.1) is 0 Å². The van der Waals surface area contributed by atoms with E-state index in [-0.39, 0.29) is 22.3 Å². The van der Waals surface area contributed by atoms with Crippen LogP contribution in [0.3, 0.4) is 0 Å². The highest BCUT2D eigenvalue weighted by Crippen LogP contribution is 2.35. The van der Waals surface area contributed by atoms with E-state index in [1.807, 2.05) is 24.3 Å². The number of nitrogens with zero attached hydrogens (tertiary/aromatic N) is 4. The molecule has 0 atom stereocenters. The Balaban J connectivity index is 2.95. The molecule has 2 aromatic carbocycles. The van der Waals surface area contributed by atoms with Gasteiger partial charge < -0.3 is 0 Å². The zero-order valence-electron chi connectivity index (χ0n) is 12.6. The zero-order valence-corrected chi connectivity index (χ0v) is 12.6. The van der Waals surface area contributed by atoms with Crippen molar-refractivity contribution >= 4 is 11.1 Å². The highest BCUT2D eigenvalue weighted by atomic mass is 14.3. The molecule has 0 spiro atoms. The van der Waals surface area contributed by atoms with Crippen LogP contribution in [0, 0.1) is 45.3 Å². The Morgan fingerprint density at radius 2 is 0.792 bits per heavy atom. The lowest BCUT2D eigenvalue weighted by Crippen LogP contribution is -1.98. The lowest BCUT2D eigenvalue weighted by molar-refractivity contribution is 1.44. The van der Waals surface area contributed by atoms with E-state index in [1.54, 1.807) is 60.7 Å². The summed E-state index contributed by atoms with van der Waals surface area (Å²) in [5.74, 6) is 0. The van der Waals surface area contributed by atoms with E-state index in [2.05, 4.69) is 0 Å². The van der Waals surface area contributed by atoms with E-state index in [9.17, 15) is 21.0 Å². The molecule has 0 aliphatic heterocycles. The molecular weight excluding hydrogens is 296 g/mol. The first-order valence-corrected chi connectivity index (χ1v) is 6.97. The van der Waals surface area contributed by atoms with Gasteiger partial charge in [-0.25, -0.2) is 0 Å². The van der Waals surface area contributed by atoms with Crippen LogP contribution in [-0.2, 0) is 0 Å². The van der Waals surface area contributed by atoms with Gasteiger partial charge in [-0.15, -0.1) is 0 Å². The molecule has 0 amide bonds. The summed E-state index contributed by atoms with van der Waals surface area (Å²) in [6, 6.07) is 25.1. The molecule has 0 aliphatic rings. The van der Waals surface area contributed by atoms with Crippen molar-refractivity contribution in [2.24, 2.45) is 0 Å². The number of rotatable bonds is 3. The molecule has 0 radical (unpaired) electrons. The Morgan fingerprint density at radius 1 is 0.500 bits per heavy atom. The molecule has 0 saturated carbocycles. The summed E-state index contributed by atoms with van der Waals surface area (Å²) in [5, 5.41) is 37.4. The third-order valence-electron chi connectivity index (χ3n) is 3.32. The van der Waals surface area contributed by atoms with Crippen molar-refractivity contribution in [2.75, 3.05) is 0 Å². The Labute approximate surface area is 140 Å². The van der Waals surface area contributed by atoms with Crippen LogP contribution in [0.4, 0.5) is 0 Å². The highest BCUT2D eigenvalue weighted by molar-refractivity contribution is 6.10. The number of hydrogen-bond acceptors (Lipinski definition) is 4. The van der Waals surface area contributed by atoms with Gasteiger partial charge in [0.25, 0.3) is 0 Å². The van der Waals surface area contributed by atoms with Crippen LogP contribution in [0.25, 0.3) is 11.1 Å². The van der Waals surface area contributed by atoms with Gasteiger partial charge in [0.1, 0.15) is 35.4 Å². The van der Waals surface area contributed by atoms with Gasteiger partial charge in [-0.1, -0.05) is 60.7 Å². The van der Waals surface area contributed by atoms with Gasteiger partial charge >= 0.3 is 0 Å². The molecule has 110 valence electrons. The van der Waals surface area contributed by atoms with E-state index >= 15 is 0 Å². The second-order valence-corrected chi connectivity index (χ2v) is 4.68. The number of allylic oxidation sites excluding steroid dienone is 4. The van der Waals surface area contributed by atoms with Gasteiger partial charge in [0.2, 0.25) is 0 Å². The van der Waals surface area contributed by atoms with Crippen LogP contribution in [0.5, 0.6) is 0 Å².